The summed E-state index contributed by atoms with van der Waals surface area (Å²) in [5.41, 5.74) is 1.46. The van der Waals surface area contributed by atoms with Gasteiger partial charge >= 0.3 is 6.09 Å². The molecule has 0 spiro atoms. The number of alkyl carbamates (subject to hydrolysis) is 1. The van der Waals surface area contributed by atoms with Gasteiger partial charge in [-0.25, -0.2) is 9.79 Å². The van der Waals surface area contributed by atoms with Gasteiger partial charge in [-0.15, -0.1) is 70.6 Å². The van der Waals surface area contributed by atoms with Gasteiger partial charge in [0.1, 0.15) is 0 Å². The van der Waals surface area contributed by atoms with Crippen LogP contribution in [0.1, 0.15) is 12.8 Å². The van der Waals surface area contributed by atoms with Gasteiger partial charge in [0.05, 0.1) is 58.2 Å². The zero-order valence-electron chi connectivity index (χ0n) is 21.3. The second-order valence-electron chi connectivity index (χ2n) is 6.31. The average Bonchev–Trinajstić information content (AvgIpc) is 2.92. The lowest BCUT2D eigenvalue weighted by molar-refractivity contribution is -0.217. The van der Waals surface area contributed by atoms with E-state index in [4.69, 9.17) is 24.7 Å². The van der Waals surface area contributed by atoms with Crippen molar-refractivity contribution in [3.63, 3.8) is 0 Å². The zero-order valence-corrected chi connectivity index (χ0v) is 27.8. The molecule has 1 unspecified atom stereocenters. The van der Waals surface area contributed by atoms with E-state index in [2.05, 4.69) is 20.6 Å². The fourth-order valence-corrected chi connectivity index (χ4v) is 9.15. The number of aliphatic hydroxyl groups is 2. The van der Waals surface area contributed by atoms with Crippen LogP contribution in [0.5, 0.6) is 0 Å². The van der Waals surface area contributed by atoms with Gasteiger partial charge in [0.15, 0.2) is 0 Å². The van der Waals surface area contributed by atoms with Gasteiger partial charge in [0.2, 0.25) is 6.40 Å². The molecule has 2 amide bonds. The van der Waals surface area contributed by atoms with Gasteiger partial charge in [0, 0.05) is 40.0 Å². The van der Waals surface area contributed by atoms with E-state index in [0.717, 1.165) is 15.3 Å². The van der Waals surface area contributed by atoms with Crippen molar-refractivity contribution in [1.82, 2.24) is 10.6 Å². The van der Waals surface area contributed by atoms with Crippen molar-refractivity contribution < 1.29 is 38.5 Å². The number of aliphatic hydroxyl groups excluding tert-OH is 2. The summed E-state index contributed by atoms with van der Waals surface area (Å²) < 4.78 is 16.8. The summed E-state index contributed by atoms with van der Waals surface area (Å²) in [4.78, 5) is 40.7. The smallest absolute Gasteiger partial charge is 0.407 e. The van der Waals surface area contributed by atoms with E-state index in [1.165, 1.54) is 47.2 Å². The molecule has 0 aromatic heterocycles. The molecule has 0 rings (SSSR count). The monoisotopic (exact) mass is 704 g/mol. The van der Waals surface area contributed by atoms with E-state index < -0.39 is 16.9 Å². The molecule has 0 aliphatic rings. The summed E-state index contributed by atoms with van der Waals surface area (Å²) in [7, 11) is -1.14. The first-order valence-corrected chi connectivity index (χ1v) is 20.5. The molecule has 20 heteroatoms. The number of rotatable bonds is 27. The van der Waals surface area contributed by atoms with Crippen LogP contribution in [-0.2, 0) is 25.3 Å². The van der Waals surface area contributed by atoms with Gasteiger partial charge in [-0.05, 0) is 6.42 Å². The van der Waals surface area contributed by atoms with Crippen LogP contribution in [0.2, 0.25) is 0 Å². The van der Waals surface area contributed by atoms with Crippen molar-refractivity contribution in [2.24, 2.45) is 9.98 Å². The van der Waals surface area contributed by atoms with Crippen molar-refractivity contribution in [2.45, 2.75) is 12.8 Å². The Morgan fingerprint density at radius 1 is 0.821 bits per heavy atom. The van der Waals surface area contributed by atoms with Crippen molar-refractivity contribution in [3.05, 3.63) is 0 Å². The average molecular weight is 705 g/mol. The summed E-state index contributed by atoms with van der Waals surface area (Å²) in [6.45, 7) is 0.555. The number of carbonyl (C=O) groups excluding carboxylic acids is 2. The first-order valence-electron chi connectivity index (χ1n) is 11.2. The quantitative estimate of drug-likeness (QED) is 0.0244. The van der Waals surface area contributed by atoms with Gasteiger partial charge < -0.3 is 30.5 Å². The summed E-state index contributed by atoms with van der Waals surface area (Å²) in [6.07, 6.45) is 1.66. The van der Waals surface area contributed by atoms with E-state index in [-0.39, 0.29) is 25.1 Å². The Morgan fingerprint density at radius 2 is 1.49 bits per heavy atom. The van der Waals surface area contributed by atoms with Gasteiger partial charge in [-0.2, -0.15) is 4.89 Å². The molecule has 39 heavy (non-hydrogen) atoms. The van der Waals surface area contributed by atoms with E-state index in [9.17, 15) is 13.8 Å². The predicted molar refractivity (Wildman–Crippen MR) is 176 cm³/mol. The van der Waals surface area contributed by atoms with Gasteiger partial charge in [-0.3, -0.25) is 14.0 Å². The Bertz CT molecular complexity index is 685. The number of ether oxygens (including phenoxy) is 1. The van der Waals surface area contributed by atoms with Crippen LogP contribution in [0, 0.1) is 0 Å². The Morgan fingerprint density at radius 3 is 2.23 bits per heavy atom. The molecule has 0 saturated carbocycles. The molecule has 228 valence electrons. The molecule has 0 aliphatic heterocycles. The molecule has 4 N–H and O–H groups in total. The first kappa shape index (κ1) is 39.4. The summed E-state index contributed by atoms with van der Waals surface area (Å²) >= 11 is 10.6. The minimum atomic E-state index is -1.14. The number of aliphatic imine (C=N–C) groups is 2. The van der Waals surface area contributed by atoms with E-state index in [1.54, 1.807) is 47.0 Å². The molecule has 0 saturated heterocycles. The number of hydrogen-bond donors (Lipinski definition) is 4. The van der Waals surface area contributed by atoms with Crippen molar-refractivity contribution in [3.8, 4) is 0 Å². The highest BCUT2D eigenvalue weighted by molar-refractivity contribution is 8.28. The second kappa shape index (κ2) is 32.9. The van der Waals surface area contributed by atoms with E-state index >= 15 is 0 Å². The molecule has 0 heterocycles. The standard InChI is InChI=1S/C19H36N4O8S8/c24-3-1-5-29-18(26)22-10-34-14-33-9-21-12-39(28)17-37-15-36-16-38-19(27)23-11-35-13-32-8-20-7-31-30-6-2-4-25/h7,12,24-25H,1-6,8-11,13-17H2,(H,22,26)(H,23,27)/b20-7+,21-12+. The van der Waals surface area contributed by atoms with Crippen molar-refractivity contribution in [1.29, 1.82) is 0 Å². The number of thioether (sulfide) groups is 7. The van der Waals surface area contributed by atoms with Gasteiger partial charge in [0.25, 0.3) is 5.24 Å². The molecule has 0 radical (unpaired) electrons. The van der Waals surface area contributed by atoms with Crippen LogP contribution in [0.15, 0.2) is 9.98 Å². The minimum Gasteiger partial charge on any atom is -0.449 e. The third-order valence-electron chi connectivity index (χ3n) is 3.24. The topological polar surface area (TPSA) is 168 Å². The largest absolute Gasteiger partial charge is 0.449 e. The maximum absolute atomic E-state index is 11.9. The Balaban J connectivity index is 3.42. The van der Waals surface area contributed by atoms with Crippen LogP contribution < -0.4 is 10.6 Å². The SMILES string of the molecule is O=C(NCSCSC/N=C/S(=O)CSCSCSC(=O)NCSCSC/N=C/OOCCCO)OCCCO. The molecule has 0 aromatic rings. The fourth-order valence-electron chi connectivity index (χ4n) is 1.64. The van der Waals surface area contributed by atoms with Crippen molar-refractivity contribution >= 4 is 116 Å². The summed E-state index contributed by atoms with van der Waals surface area (Å²) in [6, 6.07) is 0. The Labute approximate surface area is 262 Å². The molecule has 0 bridgehead atoms. The van der Waals surface area contributed by atoms with Crippen LogP contribution in [0.25, 0.3) is 0 Å². The molecule has 1 atom stereocenters. The van der Waals surface area contributed by atoms with Crippen LogP contribution in [0.3, 0.4) is 0 Å². The fraction of sp³-hybridized carbons (Fsp3) is 0.789. The first-order chi connectivity index (χ1) is 19.1. The Kier molecular flexibility index (Phi) is 33.2. The van der Waals surface area contributed by atoms with Crippen LogP contribution in [-0.4, -0.2) is 113 Å². The number of hydrogen-bond acceptors (Lipinski definition) is 17. The zero-order chi connectivity index (χ0) is 28.7. The van der Waals surface area contributed by atoms with Crippen molar-refractivity contribution in [2.75, 3.05) is 75.4 Å². The lowest BCUT2D eigenvalue weighted by Gasteiger charge is -2.05. The highest BCUT2D eigenvalue weighted by Crippen LogP contribution is 2.19. The molecule has 0 aliphatic carbocycles. The third kappa shape index (κ3) is 32.7. The molecular weight excluding hydrogens is 669 g/mol. The third-order valence-corrected chi connectivity index (χ3v) is 12.1. The molecule has 0 aromatic carbocycles. The van der Waals surface area contributed by atoms with Crippen LogP contribution in [0.4, 0.5) is 9.59 Å². The normalized spacial score (nSPS) is 12.2. The van der Waals surface area contributed by atoms with Crippen LogP contribution >= 0.6 is 82.3 Å². The highest BCUT2D eigenvalue weighted by Gasteiger charge is 2.03. The lowest BCUT2D eigenvalue weighted by atomic mass is 10.5. The van der Waals surface area contributed by atoms with E-state index in [0.29, 0.717) is 53.1 Å². The van der Waals surface area contributed by atoms with E-state index in [1.807, 2.05) is 0 Å². The molecule has 0 fully saturated rings. The number of nitrogens with one attached hydrogen (secondary N) is 2. The molecule has 12 nitrogen and oxygen atoms in total. The molecular formula is C19H36N4O8S8. The summed E-state index contributed by atoms with van der Waals surface area (Å²) in [5.74, 6) is 1.96. The predicted octanol–water partition coefficient (Wildman–Crippen LogP) is 3.69. The van der Waals surface area contributed by atoms with Gasteiger partial charge in [-0.1, -0.05) is 11.8 Å². The lowest BCUT2D eigenvalue weighted by Crippen LogP contribution is -2.24. The summed E-state index contributed by atoms with van der Waals surface area (Å²) in [5, 5.41) is 25.9. The number of carbonyl (C=O) groups is 2. The Hall–Kier alpha value is 0.360. The highest BCUT2D eigenvalue weighted by atomic mass is 32.3. The second-order valence-corrected chi connectivity index (χ2v) is 16.2. The minimum absolute atomic E-state index is 0.0107. The maximum Gasteiger partial charge on any atom is 0.407 e. The number of amides is 2. The number of nitrogens with zero attached hydrogens (tertiary/aromatic N) is 2. The maximum atomic E-state index is 11.9.